The molecule has 0 aromatic heterocycles. The van der Waals surface area contributed by atoms with Gasteiger partial charge in [0.25, 0.3) is 0 Å². The van der Waals surface area contributed by atoms with Crippen LogP contribution >= 0.6 is 0 Å². The molecule has 3 aromatic carbocycles. The third-order valence-electron chi connectivity index (χ3n) is 7.27. The summed E-state index contributed by atoms with van der Waals surface area (Å²) < 4.78 is 5.99. The predicted octanol–water partition coefficient (Wildman–Crippen LogP) is 4.32. The maximum Gasteiger partial charge on any atom is 0.310 e. The number of aliphatic hydroxyl groups excluding tert-OH is 1. The van der Waals surface area contributed by atoms with E-state index in [9.17, 15) is 19.5 Å². The van der Waals surface area contributed by atoms with Crippen molar-refractivity contribution in [2.24, 2.45) is 11.8 Å². The van der Waals surface area contributed by atoms with Crippen molar-refractivity contribution < 1.29 is 24.2 Å². The number of allylic oxidation sites excluding steroid dienone is 2. The van der Waals surface area contributed by atoms with Crippen molar-refractivity contribution in [3.8, 4) is 0 Å². The summed E-state index contributed by atoms with van der Waals surface area (Å²) in [4.78, 5) is 39.6. The van der Waals surface area contributed by atoms with E-state index >= 15 is 0 Å². The summed E-state index contributed by atoms with van der Waals surface area (Å²) in [5.41, 5.74) is 2.83. The fraction of sp³-hybridized carbons (Fsp3) is 0.324. The minimum atomic E-state index is -0.659. The summed E-state index contributed by atoms with van der Waals surface area (Å²) in [5.74, 6) is -1.89. The van der Waals surface area contributed by atoms with Crippen molar-refractivity contribution in [3.63, 3.8) is 0 Å². The van der Waals surface area contributed by atoms with Crippen LogP contribution in [0.5, 0.6) is 0 Å². The van der Waals surface area contributed by atoms with Crippen LogP contribution in [-0.4, -0.2) is 42.1 Å². The zero-order valence-corrected chi connectivity index (χ0v) is 23.2. The average molecular weight is 555 g/mol. The van der Waals surface area contributed by atoms with Gasteiger partial charge in [0.15, 0.2) is 0 Å². The Bertz CT molecular complexity index is 1280. The van der Waals surface area contributed by atoms with Crippen molar-refractivity contribution in [1.82, 2.24) is 10.6 Å². The molecule has 0 spiro atoms. The Balaban J connectivity index is 1.48. The van der Waals surface area contributed by atoms with E-state index in [2.05, 4.69) is 10.6 Å². The smallest absolute Gasteiger partial charge is 0.310 e. The Morgan fingerprint density at radius 2 is 1.44 bits per heavy atom. The molecule has 7 nitrogen and oxygen atoms in total. The topological polar surface area (TPSA) is 105 Å². The number of carbonyl (C=O) groups is 3. The largest absolute Gasteiger partial charge is 0.455 e. The summed E-state index contributed by atoms with van der Waals surface area (Å²) in [6.07, 6.45) is 4.92. The number of rotatable bonds is 9. The molecule has 41 heavy (non-hydrogen) atoms. The highest BCUT2D eigenvalue weighted by Gasteiger charge is 2.28. The standard InChI is InChI=1S/C34H38N2O5/c37-24-30(21-26-14-6-2-7-15-26)36-32(38)22-28-18-10-11-19-29(20-25-12-4-1-5-13-25)34(40)41-31(23-35-33(28)39)27-16-8-3-9-17-27/h1-17,28-31,37H,18-24H2,(H,35,39)(H,36,38). The molecule has 7 heteroatoms. The molecule has 4 unspecified atom stereocenters. The number of cyclic esters (lactones) is 1. The number of amides is 2. The first-order valence-electron chi connectivity index (χ1n) is 14.2. The Hall–Kier alpha value is -4.23. The number of esters is 1. The van der Waals surface area contributed by atoms with Crippen molar-refractivity contribution in [3.05, 3.63) is 120 Å². The molecule has 1 heterocycles. The number of carbonyl (C=O) groups excluding carboxylic acids is 3. The minimum Gasteiger partial charge on any atom is -0.455 e. The lowest BCUT2D eigenvalue weighted by molar-refractivity contribution is -0.154. The lowest BCUT2D eigenvalue weighted by Crippen LogP contribution is -2.42. The van der Waals surface area contributed by atoms with E-state index in [1.807, 2.05) is 103 Å². The summed E-state index contributed by atoms with van der Waals surface area (Å²) >= 11 is 0. The molecule has 1 aliphatic rings. The highest BCUT2D eigenvalue weighted by molar-refractivity contribution is 5.86. The van der Waals surface area contributed by atoms with Gasteiger partial charge in [0.05, 0.1) is 31.0 Å². The summed E-state index contributed by atoms with van der Waals surface area (Å²) in [6.45, 7) is -0.105. The van der Waals surface area contributed by atoms with E-state index in [-0.39, 0.29) is 43.3 Å². The van der Waals surface area contributed by atoms with Gasteiger partial charge in [0.1, 0.15) is 6.10 Å². The van der Waals surface area contributed by atoms with E-state index in [0.29, 0.717) is 25.7 Å². The average Bonchev–Trinajstić information content (AvgIpc) is 3.00. The highest BCUT2D eigenvalue weighted by Crippen LogP contribution is 2.24. The molecule has 0 saturated heterocycles. The quantitative estimate of drug-likeness (QED) is 0.270. The third kappa shape index (κ3) is 9.43. The first kappa shape index (κ1) is 29.7. The molecule has 0 aliphatic carbocycles. The fourth-order valence-corrected chi connectivity index (χ4v) is 5.01. The van der Waals surface area contributed by atoms with Gasteiger partial charge in [-0.3, -0.25) is 14.4 Å². The molecule has 0 radical (unpaired) electrons. The van der Waals surface area contributed by atoms with Gasteiger partial charge in [0.2, 0.25) is 11.8 Å². The van der Waals surface area contributed by atoms with Crippen LogP contribution in [-0.2, 0) is 32.0 Å². The molecule has 3 aromatic rings. The van der Waals surface area contributed by atoms with Gasteiger partial charge in [-0.25, -0.2) is 0 Å². The number of hydrogen-bond donors (Lipinski definition) is 3. The van der Waals surface area contributed by atoms with Gasteiger partial charge in [-0.2, -0.15) is 0 Å². The second-order valence-corrected chi connectivity index (χ2v) is 10.4. The number of ether oxygens (including phenoxy) is 1. The number of aliphatic hydroxyl groups is 1. The minimum absolute atomic E-state index is 0.0231. The molecular formula is C34H38N2O5. The lowest BCUT2D eigenvalue weighted by atomic mass is 9.94. The highest BCUT2D eigenvalue weighted by atomic mass is 16.5. The second kappa shape index (κ2) is 15.5. The normalized spacial score (nSPS) is 20.6. The molecule has 3 N–H and O–H groups in total. The van der Waals surface area contributed by atoms with E-state index in [1.165, 1.54) is 0 Å². The monoisotopic (exact) mass is 554 g/mol. The maximum atomic E-state index is 13.3. The van der Waals surface area contributed by atoms with Gasteiger partial charge in [-0.05, 0) is 42.4 Å². The van der Waals surface area contributed by atoms with E-state index in [0.717, 1.165) is 16.7 Å². The maximum absolute atomic E-state index is 13.3. The van der Waals surface area contributed by atoms with Gasteiger partial charge in [-0.1, -0.05) is 103 Å². The van der Waals surface area contributed by atoms with Crippen LogP contribution < -0.4 is 10.6 Å². The fourth-order valence-electron chi connectivity index (χ4n) is 5.01. The number of hydrogen-bond acceptors (Lipinski definition) is 5. The van der Waals surface area contributed by atoms with Gasteiger partial charge in [0, 0.05) is 6.42 Å². The molecule has 4 rings (SSSR count). The SMILES string of the molecule is O=C(CC1CC=CCC(Cc2ccccc2)C(=O)OC(c2ccccc2)CNC1=O)NC(CO)Cc1ccccc1. The van der Waals surface area contributed by atoms with Crippen molar-refractivity contribution in [2.45, 2.75) is 44.2 Å². The zero-order valence-electron chi connectivity index (χ0n) is 23.2. The first-order chi connectivity index (χ1) is 20.0. The molecule has 1 aliphatic heterocycles. The van der Waals surface area contributed by atoms with Crippen LogP contribution in [0.3, 0.4) is 0 Å². The molecule has 0 saturated carbocycles. The second-order valence-electron chi connectivity index (χ2n) is 10.4. The van der Waals surface area contributed by atoms with Crippen molar-refractivity contribution >= 4 is 17.8 Å². The summed E-state index contributed by atoms with van der Waals surface area (Å²) in [5, 5.41) is 15.6. The summed E-state index contributed by atoms with van der Waals surface area (Å²) in [6, 6.07) is 28.4. The van der Waals surface area contributed by atoms with Crippen LogP contribution in [0.15, 0.2) is 103 Å². The van der Waals surface area contributed by atoms with Crippen LogP contribution in [0, 0.1) is 11.8 Å². The Kier molecular flexibility index (Phi) is 11.3. The van der Waals surface area contributed by atoms with E-state index in [4.69, 9.17) is 4.74 Å². The molecule has 4 atom stereocenters. The molecule has 214 valence electrons. The Labute approximate surface area is 241 Å². The van der Waals surface area contributed by atoms with Crippen LogP contribution in [0.4, 0.5) is 0 Å². The van der Waals surface area contributed by atoms with Gasteiger partial charge >= 0.3 is 5.97 Å². The number of nitrogens with one attached hydrogen (secondary N) is 2. The lowest BCUT2D eigenvalue weighted by Gasteiger charge is -2.24. The molecule has 0 bridgehead atoms. The number of benzene rings is 3. The first-order valence-corrected chi connectivity index (χ1v) is 14.2. The molecular weight excluding hydrogens is 516 g/mol. The Morgan fingerprint density at radius 1 is 0.854 bits per heavy atom. The van der Waals surface area contributed by atoms with Gasteiger partial charge < -0.3 is 20.5 Å². The summed E-state index contributed by atoms with van der Waals surface area (Å²) in [7, 11) is 0. The van der Waals surface area contributed by atoms with Crippen LogP contribution in [0.25, 0.3) is 0 Å². The van der Waals surface area contributed by atoms with E-state index < -0.39 is 18.1 Å². The zero-order chi connectivity index (χ0) is 28.9. The van der Waals surface area contributed by atoms with Crippen LogP contribution in [0.2, 0.25) is 0 Å². The van der Waals surface area contributed by atoms with E-state index in [1.54, 1.807) is 0 Å². The molecule has 0 fully saturated rings. The third-order valence-corrected chi connectivity index (χ3v) is 7.27. The van der Waals surface area contributed by atoms with Crippen molar-refractivity contribution in [1.29, 1.82) is 0 Å². The van der Waals surface area contributed by atoms with Crippen molar-refractivity contribution in [2.75, 3.05) is 13.2 Å². The Morgan fingerprint density at radius 3 is 2.07 bits per heavy atom. The van der Waals surface area contributed by atoms with Gasteiger partial charge in [-0.15, -0.1) is 0 Å². The predicted molar refractivity (Wildman–Crippen MR) is 158 cm³/mol. The molecule has 2 amide bonds. The van der Waals surface area contributed by atoms with Crippen LogP contribution in [0.1, 0.15) is 42.1 Å².